The Balaban J connectivity index is 2.74. The van der Waals surface area contributed by atoms with Gasteiger partial charge in [-0.2, -0.15) is 11.8 Å². The Morgan fingerprint density at radius 2 is 2.05 bits per heavy atom. The van der Waals surface area contributed by atoms with Crippen molar-refractivity contribution in [2.45, 2.75) is 33.4 Å². The Labute approximate surface area is 132 Å². The average Bonchev–Trinajstić information content (AvgIpc) is 2.40. The third kappa shape index (κ3) is 5.51. The summed E-state index contributed by atoms with van der Waals surface area (Å²) in [6.07, 6.45) is 2.13. The highest BCUT2D eigenvalue weighted by molar-refractivity contribution is 7.98. The van der Waals surface area contributed by atoms with Crippen LogP contribution in [-0.2, 0) is 6.54 Å². The highest BCUT2D eigenvalue weighted by Gasteiger charge is 2.12. The molecule has 1 N–H and O–H groups in total. The van der Waals surface area contributed by atoms with Crippen molar-refractivity contribution in [3.05, 3.63) is 22.8 Å². The number of nitrogens with one attached hydrogen (secondary N) is 1. The van der Waals surface area contributed by atoms with Gasteiger partial charge in [-0.25, -0.2) is 4.98 Å². The Morgan fingerprint density at radius 1 is 1.35 bits per heavy atom. The lowest BCUT2D eigenvalue weighted by molar-refractivity contribution is 0.548. The third-order valence-corrected chi connectivity index (χ3v) is 4.34. The standard InChI is InChI=1S/C15H26ClN3S/c1-11(2)8-17-9-14-13(16)6-7-15(18-14)19(4)12(3)10-20-5/h6-7,11-12,17H,8-10H2,1-5H3. The molecule has 3 nitrogen and oxygen atoms in total. The molecule has 0 bridgehead atoms. The minimum atomic E-state index is 0.454. The van der Waals surface area contributed by atoms with Crippen LogP contribution in [0.15, 0.2) is 12.1 Å². The van der Waals surface area contributed by atoms with Crippen molar-refractivity contribution in [2.24, 2.45) is 5.92 Å². The van der Waals surface area contributed by atoms with Crippen LogP contribution in [0.25, 0.3) is 0 Å². The van der Waals surface area contributed by atoms with Crippen LogP contribution in [0.4, 0.5) is 5.82 Å². The molecule has 1 rings (SSSR count). The summed E-state index contributed by atoms with van der Waals surface area (Å²) < 4.78 is 0. The fourth-order valence-corrected chi connectivity index (χ4v) is 2.73. The van der Waals surface area contributed by atoms with Crippen molar-refractivity contribution < 1.29 is 0 Å². The summed E-state index contributed by atoms with van der Waals surface area (Å²) in [6.45, 7) is 8.28. The van der Waals surface area contributed by atoms with Gasteiger partial charge in [-0.1, -0.05) is 25.4 Å². The number of pyridine rings is 1. The molecule has 0 saturated heterocycles. The molecule has 0 fully saturated rings. The first kappa shape index (κ1) is 17.6. The zero-order valence-corrected chi connectivity index (χ0v) is 14.7. The fraction of sp³-hybridized carbons (Fsp3) is 0.667. The lowest BCUT2D eigenvalue weighted by Crippen LogP contribution is -2.32. The van der Waals surface area contributed by atoms with Gasteiger partial charge in [-0.05, 0) is 37.8 Å². The van der Waals surface area contributed by atoms with E-state index in [1.54, 1.807) is 0 Å². The first-order valence-corrected chi connectivity index (χ1v) is 8.80. The molecule has 0 radical (unpaired) electrons. The molecule has 0 spiro atoms. The van der Waals surface area contributed by atoms with Gasteiger partial charge in [0, 0.05) is 25.4 Å². The molecule has 5 heteroatoms. The topological polar surface area (TPSA) is 28.2 Å². The monoisotopic (exact) mass is 315 g/mol. The van der Waals surface area contributed by atoms with Gasteiger partial charge in [0.25, 0.3) is 0 Å². The van der Waals surface area contributed by atoms with Gasteiger partial charge >= 0.3 is 0 Å². The molecule has 1 aromatic heterocycles. The second kappa shape index (κ2) is 8.75. The summed E-state index contributed by atoms with van der Waals surface area (Å²) in [5, 5.41) is 4.13. The Bertz CT molecular complexity index is 412. The predicted molar refractivity (Wildman–Crippen MR) is 92.0 cm³/mol. The van der Waals surface area contributed by atoms with Gasteiger partial charge in [-0.15, -0.1) is 0 Å². The second-order valence-electron chi connectivity index (χ2n) is 5.54. The summed E-state index contributed by atoms with van der Waals surface area (Å²) in [5.41, 5.74) is 0.924. The van der Waals surface area contributed by atoms with E-state index in [0.717, 1.165) is 35.4 Å². The number of thioether (sulfide) groups is 1. The summed E-state index contributed by atoms with van der Waals surface area (Å²) in [4.78, 5) is 6.90. The summed E-state index contributed by atoms with van der Waals surface area (Å²) in [6, 6.07) is 4.39. The number of rotatable bonds is 8. The normalized spacial score (nSPS) is 12.8. The Morgan fingerprint density at radius 3 is 2.65 bits per heavy atom. The largest absolute Gasteiger partial charge is 0.356 e. The van der Waals surface area contributed by atoms with Gasteiger partial charge < -0.3 is 10.2 Å². The zero-order chi connectivity index (χ0) is 15.1. The molecule has 1 unspecified atom stereocenters. The highest BCUT2D eigenvalue weighted by atomic mass is 35.5. The van der Waals surface area contributed by atoms with E-state index in [0.29, 0.717) is 12.0 Å². The van der Waals surface area contributed by atoms with Crippen LogP contribution in [0.5, 0.6) is 0 Å². The van der Waals surface area contributed by atoms with Crippen molar-refractivity contribution >= 4 is 29.2 Å². The average molecular weight is 316 g/mol. The smallest absolute Gasteiger partial charge is 0.128 e. The minimum absolute atomic E-state index is 0.454. The second-order valence-corrected chi connectivity index (χ2v) is 6.86. The van der Waals surface area contributed by atoms with Gasteiger partial charge in [0.15, 0.2) is 0 Å². The van der Waals surface area contributed by atoms with Crippen molar-refractivity contribution in [1.82, 2.24) is 10.3 Å². The lowest BCUT2D eigenvalue weighted by atomic mass is 10.2. The molecule has 0 aliphatic carbocycles. The summed E-state index contributed by atoms with van der Waals surface area (Å²) in [7, 11) is 2.09. The van der Waals surface area contributed by atoms with Gasteiger partial charge in [0.05, 0.1) is 10.7 Å². The van der Waals surface area contributed by atoms with Crippen LogP contribution in [-0.4, -0.2) is 36.6 Å². The molecule has 1 heterocycles. The molecule has 0 aromatic carbocycles. The first-order chi connectivity index (χ1) is 9.45. The SMILES string of the molecule is CSCC(C)N(C)c1ccc(Cl)c(CNCC(C)C)n1. The highest BCUT2D eigenvalue weighted by Crippen LogP contribution is 2.20. The molecule has 20 heavy (non-hydrogen) atoms. The number of hydrogen-bond donors (Lipinski definition) is 1. The van der Waals surface area contributed by atoms with Crippen LogP contribution in [0.1, 0.15) is 26.5 Å². The van der Waals surface area contributed by atoms with E-state index in [4.69, 9.17) is 16.6 Å². The van der Waals surface area contributed by atoms with Crippen LogP contribution in [0, 0.1) is 5.92 Å². The lowest BCUT2D eigenvalue weighted by Gasteiger charge is -2.26. The Hall–Kier alpha value is -0.450. The molecule has 114 valence electrons. The minimum Gasteiger partial charge on any atom is -0.356 e. The predicted octanol–water partition coefficient (Wildman–Crippen LogP) is 3.67. The fourth-order valence-electron chi connectivity index (χ4n) is 1.85. The van der Waals surface area contributed by atoms with Crippen LogP contribution >= 0.6 is 23.4 Å². The van der Waals surface area contributed by atoms with Crippen LogP contribution in [0.3, 0.4) is 0 Å². The molecule has 1 atom stereocenters. The van der Waals surface area contributed by atoms with E-state index in [1.807, 2.05) is 23.9 Å². The van der Waals surface area contributed by atoms with Gasteiger partial charge in [0.1, 0.15) is 5.82 Å². The van der Waals surface area contributed by atoms with E-state index < -0.39 is 0 Å². The molecular formula is C15H26ClN3S. The van der Waals surface area contributed by atoms with E-state index in [9.17, 15) is 0 Å². The molecule has 1 aromatic rings. The third-order valence-electron chi connectivity index (χ3n) is 3.18. The van der Waals surface area contributed by atoms with Crippen molar-refractivity contribution in [3.8, 4) is 0 Å². The number of halogens is 1. The van der Waals surface area contributed by atoms with Gasteiger partial charge in [0.2, 0.25) is 0 Å². The van der Waals surface area contributed by atoms with E-state index in [-0.39, 0.29) is 0 Å². The number of anilines is 1. The van der Waals surface area contributed by atoms with Crippen molar-refractivity contribution in [1.29, 1.82) is 0 Å². The molecule has 0 saturated carbocycles. The van der Waals surface area contributed by atoms with Gasteiger partial charge in [-0.3, -0.25) is 0 Å². The van der Waals surface area contributed by atoms with E-state index in [1.165, 1.54) is 0 Å². The maximum absolute atomic E-state index is 6.23. The summed E-state index contributed by atoms with van der Waals surface area (Å²) in [5.74, 6) is 2.69. The number of nitrogens with zero attached hydrogens (tertiary/aromatic N) is 2. The molecule has 0 aliphatic rings. The quantitative estimate of drug-likeness (QED) is 0.792. The van der Waals surface area contributed by atoms with Crippen molar-refractivity contribution in [3.63, 3.8) is 0 Å². The first-order valence-electron chi connectivity index (χ1n) is 7.03. The van der Waals surface area contributed by atoms with E-state index >= 15 is 0 Å². The van der Waals surface area contributed by atoms with Crippen LogP contribution in [0.2, 0.25) is 5.02 Å². The van der Waals surface area contributed by atoms with E-state index in [2.05, 4.69) is 44.3 Å². The maximum Gasteiger partial charge on any atom is 0.128 e. The maximum atomic E-state index is 6.23. The summed E-state index contributed by atoms with van der Waals surface area (Å²) >= 11 is 8.08. The number of aromatic nitrogens is 1. The number of hydrogen-bond acceptors (Lipinski definition) is 4. The van der Waals surface area contributed by atoms with Crippen LogP contribution < -0.4 is 10.2 Å². The molecular weight excluding hydrogens is 290 g/mol. The Kier molecular flexibility index (Phi) is 7.70. The molecule has 0 amide bonds. The molecule has 0 aliphatic heterocycles. The van der Waals surface area contributed by atoms with Crippen molar-refractivity contribution in [2.75, 3.05) is 30.5 Å². The zero-order valence-electron chi connectivity index (χ0n) is 13.1.